The smallest absolute Gasteiger partial charge is 0.327 e. The maximum atomic E-state index is 12.0. The second kappa shape index (κ2) is 10.5. The maximum absolute atomic E-state index is 12.0. The summed E-state index contributed by atoms with van der Waals surface area (Å²) in [6.07, 6.45) is 4.81. The van der Waals surface area contributed by atoms with Crippen molar-refractivity contribution in [2.24, 2.45) is 17.6 Å². The normalized spacial score (nSPS) is 20.4. The van der Waals surface area contributed by atoms with Gasteiger partial charge in [-0.2, -0.15) is 0 Å². The number of carbonyl (C=O) groups is 1. The highest BCUT2D eigenvalue weighted by atomic mass is 16.5. The molecule has 3 rings (SSSR count). The number of nitrogens with one attached hydrogen (secondary N) is 1. The van der Waals surface area contributed by atoms with Crippen LogP contribution in [0, 0.1) is 18.8 Å². The van der Waals surface area contributed by atoms with Crippen LogP contribution in [0.15, 0.2) is 24.3 Å². The van der Waals surface area contributed by atoms with E-state index in [0.717, 1.165) is 25.1 Å². The molecule has 0 radical (unpaired) electrons. The highest BCUT2D eigenvalue weighted by Gasteiger charge is 2.26. The molecule has 1 aliphatic rings. The zero-order valence-corrected chi connectivity index (χ0v) is 17.4. The van der Waals surface area contributed by atoms with Crippen LogP contribution >= 0.6 is 0 Å². The molecule has 1 aromatic heterocycles. The number of carbonyl (C=O) groups excluding carboxylic acids is 1. The van der Waals surface area contributed by atoms with Crippen molar-refractivity contribution in [1.29, 1.82) is 0 Å². The third kappa shape index (κ3) is 5.83. The number of esters is 1. The van der Waals surface area contributed by atoms with Crippen LogP contribution in [0.5, 0.6) is 0 Å². The summed E-state index contributed by atoms with van der Waals surface area (Å²) in [6.45, 7) is 5.80. The first-order valence-electron chi connectivity index (χ1n) is 10.5. The molecule has 0 amide bonds. The number of benzene rings is 1. The fraction of sp³-hybridized carbons (Fsp3) is 0.619. The van der Waals surface area contributed by atoms with Crippen LogP contribution in [0.1, 0.15) is 55.6 Å². The van der Waals surface area contributed by atoms with E-state index in [0.29, 0.717) is 24.3 Å². The zero-order valence-electron chi connectivity index (χ0n) is 17.4. The molecule has 1 aliphatic carbocycles. The van der Waals surface area contributed by atoms with Crippen LogP contribution in [0.2, 0.25) is 0 Å². The van der Waals surface area contributed by atoms with Crippen molar-refractivity contribution < 1.29 is 9.53 Å². The molecule has 2 aromatic rings. The van der Waals surface area contributed by atoms with Gasteiger partial charge in [0.05, 0.1) is 12.6 Å². The topological polar surface area (TPSA) is 108 Å². The summed E-state index contributed by atoms with van der Waals surface area (Å²) in [4.78, 5) is 12.0. The van der Waals surface area contributed by atoms with Crippen molar-refractivity contribution in [3.63, 3.8) is 0 Å². The van der Waals surface area contributed by atoms with Crippen LogP contribution in [0.25, 0.3) is 0 Å². The molecule has 1 saturated carbocycles. The Morgan fingerprint density at radius 2 is 2.21 bits per heavy atom. The summed E-state index contributed by atoms with van der Waals surface area (Å²) in [5.74, 6) is 1.47. The number of ether oxygens (including phenoxy) is 1. The predicted octanol–water partition coefficient (Wildman–Crippen LogP) is 1.99. The number of nitrogens with zero attached hydrogens (tertiary/aromatic N) is 4. The molecule has 29 heavy (non-hydrogen) atoms. The van der Waals surface area contributed by atoms with Crippen molar-refractivity contribution >= 4 is 5.97 Å². The van der Waals surface area contributed by atoms with E-state index < -0.39 is 0 Å². The number of aromatic nitrogens is 4. The Morgan fingerprint density at radius 1 is 1.38 bits per heavy atom. The molecular formula is C21H32N6O2. The molecule has 0 aliphatic heterocycles. The zero-order chi connectivity index (χ0) is 20.6. The van der Waals surface area contributed by atoms with Crippen LogP contribution in [0.4, 0.5) is 0 Å². The average Bonchev–Trinajstić information content (AvgIpc) is 3.16. The van der Waals surface area contributed by atoms with E-state index in [4.69, 9.17) is 10.5 Å². The van der Waals surface area contributed by atoms with E-state index in [-0.39, 0.29) is 18.6 Å². The minimum Gasteiger partial charge on any atom is -0.465 e. The van der Waals surface area contributed by atoms with Gasteiger partial charge in [0.15, 0.2) is 5.82 Å². The quantitative estimate of drug-likeness (QED) is 0.620. The van der Waals surface area contributed by atoms with E-state index in [1.807, 2.05) is 6.07 Å². The fourth-order valence-corrected chi connectivity index (χ4v) is 4.15. The standard InChI is InChI=1S/C21H32N6O2/c1-3-29-19(28)14-27-21(24-25-26-27)20(18-9-4-6-15(2)10-18)23-13-17-8-5-7-16(11-17)12-22/h4,6,9-10,16-17,20,23H,3,5,7-8,11-14,22H2,1-2H3. The van der Waals surface area contributed by atoms with Crippen molar-refractivity contribution in [3.8, 4) is 0 Å². The Bertz CT molecular complexity index is 793. The molecule has 0 spiro atoms. The summed E-state index contributed by atoms with van der Waals surface area (Å²) in [7, 11) is 0. The fourth-order valence-electron chi connectivity index (χ4n) is 4.15. The third-order valence-corrected chi connectivity index (χ3v) is 5.61. The van der Waals surface area contributed by atoms with Gasteiger partial charge in [-0.1, -0.05) is 36.2 Å². The SMILES string of the molecule is CCOC(=O)Cn1nnnc1C(NCC1CCCC(CN)C1)c1cccc(C)c1. The highest BCUT2D eigenvalue weighted by molar-refractivity contribution is 5.69. The minimum atomic E-state index is -0.345. The molecule has 8 nitrogen and oxygen atoms in total. The van der Waals surface area contributed by atoms with Crippen molar-refractivity contribution in [2.75, 3.05) is 19.7 Å². The number of hydrogen-bond acceptors (Lipinski definition) is 7. The van der Waals surface area contributed by atoms with E-state index in [2.05, 4.69) is 46.0 Å². The summed E-state index contributed by atoms with van der Waals surface area (Å²) >= 11 is 0. The first-order valence-corrected chi connectivity index (χ1v) is 10.5. The van der Waals surface area contributed by atoms with Gasteiger partial charge in [0.25, 0.3) is 0 Å². The van der Waals surface area contributed by atoms with Gasteiger partial charge in [0, 0.05) is 0 Å². The van der Waals surface area contributed by atoms with E-state index in [1.165, 1.54) is 29.5 Å². The van der Waals surface area contributed by atoms with Gasteiger partial charge >= 0.3 is 5.97 Å². The second-order valence-electron chi connectivity index (χ2n) is 7.89. The van der Waals surface area contributed by atoms with Crippen LogP contribution in [-0.2, 0) is 16.1 Å². The predicted molar refractivity (Wildman–Crippen MR) is 110 cm³/mol. The molecule has 0 saturated heterocycles. The molecule has 3 N–H and O–H groups in total. The Kier molecular flexibility index (Phi) is 7.71. The number of rotatable bonds is 9. The minimum absolute atomic E-state index is 0.00115. The highest BCUT2D eigenvalue weighted by Crippen LogP contribution is 2.29. The van der Waals surface area contributed by atoms with Gasteiger partial charge in [-0.05, 0) is 74.0 Å². The summed E-state index contributed by atoms with van der Waals surface area (Å²) < 4.78 is 6.60. The Hall–Kier alpha value is -2.32. The van der Waals surface area contributed by atoms with Crippen LogP contribution in [0.3, 0.4) is 0 Å². The summed E-state index contributed by atoms with van der Waals surface area (Å²) in [5, 5.41) is 15.8. The summed E-state index contributed by atoms with van der Waals surface area (Å²) in [6, 6.07) is 8.10. The van der Waals surface area contributed by atoms with Crippen LogP contribution < -0.4 is 11.1 Å². The van der Waals surface area contributed by atoms with Gasteiger partial charge in [0.2, 0.25) is 0 Å². The van der Waals surface area contributed by atoms with Gasteiger partial charge < -0.3 is 15.8 Å². The number of aryl methyl sites for hydroxylation is 1. The molecule has 0 bridgehead atoms. The number of hydrogen-bond donors (Lipinski definition) is 2. The number of nitrogens with two attached hydrogens (primary N) is 1. The second-order valence-corrected chi connectivity index (χ2v) is 7.89. The first-order chi connectivity index (χ1) is 14.1. The van der Waals surface area contributed by atoms with Gasteiger partial charge in [0.1, 0.15) is 6.54 Å². The van der Waals surface area contributed by atoms with Crippen LogP contribution in [-0.4, -0.2) is 45.9 Å². The molecule has 3 atom stereocenters. The van der Waals surface area contributed by atoms with Gasteiger partial charge in [-0.3, -0.25) is 4.79 Å². The lowest BCUT2D eigenvalue weighted by molar-refractivity contribution is -0.144. The Labute approximate surface area is 172 Å². The van der Waals surface area contributed by atoms with Crippen molar-refractivity contribution in [2.45, 2.75) is 52.1 Å². The van der Waals surface area contributed by atoms with Crippen molar-refractivity contribution in [3.05, 3.63) is 41.2 Å². The Balaban J connectivity index is 1.79. The molecule has 3 unspecified atom stereocenters. The van der Waals surface area contributed by atoms with E-state index >= 15 is 0 Å². The largest absolute Gasteiger partial charge is 0.465 e. The Morgan fingerprint density at radius 3 is 2.97 bits per heavy atom. The molecule has 158 valence electrons. The van der Waals surface area contributed by atoms with Gasteiger partial charge in [-0.25, -0.2) is 4.68 Å². The third-order valence-electron chi connectivity index (χ3n) is 5.61. The molecule has 8 heteroatoms. The van der Waals surface area contributed by atoms with Gasteiger partial charge in [-0.15, -0.1) is 5.10 Å². The lowest BCUT2D eigenvalue weighted by Gasteiger charge is -2.30. The average molecular weight is 401 g/mol. The van der Waals surface area contributed by atoms with E-state index in [1.54, 1.807) is 6.92 Å². The molecular weight excluding hydrogens is 368 g/mol. The molecule has 1 aromatic carbocycles. The lowest BCUT2D eigenvalue weighted by Crippen LogP contribution is -2.34. The summed E-state index contributed by atoms with van der Waals surface area (Å²) in [5.41, 5.74) is 8.15. The van der Waals surface area contributed by atoms with Crippen molar-refractivity contribution in [1.82, 2.24) is 25.5 Å². The lowest BCUT2D eigenvalue weighted by atomic mass is 9.81. The molecule has 1 fully saturated rings. The molecule has 1 heterocycles. The first kappa shape index (κ1) is 21.4. The van der Waals surface area contributed by atoms with E-state index in [9.17, 15) is 4.79 Å². The monoisotopic (exact) mass is 400 g/mol. The maximum Gasteiger partial charge on any atom is 0.327 e. The number of tetrazole rings is 1.